The van der Waals surface area contributed by atoms with Crippen molar-refractivity contribution in [3.05, 3.63) is 188 Å². The smallest absolute Gasteiger partial charge is 0.164 e. The highest BCUT2D eigenvalue weighted by atomic mass is 16.3. The Labute approximate surface area is 317 Å². The number of benzene rings is 9. The van der Waals surface area contributed by atoms with Gasteiger partial charge in [0.2, 0.25) is 0 Å². The molecule has 2 heterocycles. The summed E-state index contributed by atoms with van der Waals surface area (Å²) >= 11 is 0. The van der Waals surface area contributed by atoms with Crippen LogP contribution in [0.1, 0.15) is 0 Å². The van der Waals surface area contributed by atoms with Gasteiger partial charge in [0.1, 0.15) is 11.2 Å². The van der Waals surface area contributed by atoms with E-state index in [1.165, 1.54) is 33.0 Å². The number of hydrogen-bond donors (Lipinski definition) is 0. The Morgan fingerprint density at radius 1 is 0.291 bits per heavy atom. The van der Waals surface area contributed by atoms with Crippen LogP contribution < -0.4 is 0 Å². The summed E-state index contributed by atoms with van der Waals surface area (Å²) in [4.78, 5) is 15.2. The van der Waals surface area contributed by atoms with E-state index in [0.29, 0.717) is 17.5 Å². The molecule has 0 unspecified atom stereocenters. The fourth-order valence-electron chi connectivity index (χ4n) is 7.88. The van der Waals surface area contributed by atoms with E-state index in [0.717, 1.165) is 60.2 Å². The van der Waals surface area contributed by atoms with Crippen molar-refractivity contribution in [1.29, 1.82) is 0 Å². The fraction of sp³-hybridized carbons (Fsp3) is 0. The number of fused-ring (bicyclic) bond motifs is 7. The second-order valence-electron chi connectivity index (χ2n) is 14.0. The van der Waals surface area contributed by atoms with Gasteiger partial charge in [0, 0.05) is 32.8 Å². The van der Waals surface area contributed by atoms with Crippen molar-refractivity contribution in [3.63, 3.8) is 0 Å². The van der Waals surface area contributed by atoms with Gasteiger partial charge in [-0.1, -0.05) is 146 Å². The van der Waals surface area contributed by atoms with Crippen molar-refractivity contribution in [1.82, 2.24) is 15.0 Å². The van der Waals surface area contributed by atoms with E-state index in [-0.39, 0.29) is 0 Å². The molecule has 55 heavy (non-hydrogen) atoms. The summed E-state index contributed by atoms with van der Waals surface area (Å²) < 4.78 is 6.63. The third kappa shape index (κ3) is 5.43. The predicted octanol–water partition coefficient (Wildman–Crippen LogP) is 13.6. The zero-order valence-electron chi connectivity index (χ0n) is 29.6. The molecular formula is C51H31N3O. The van der Waals surface area contributed by atoms with E-state index in [2.05, 4.69) is 146 Å². The van der Waals surface area contributed by atoms with Crippen LogP contribution in [0.5, 0.6) is 0 Å². The number of nitrogens with zero attached hydrogens (tertiary/aromatic N) is 3. The van der Waals surface area contributed by atoms with Crippen molar-refractivity contribution < 1.29 is 4.42 Å². The molecule has 4 nitrogen and oxygen atoms in total. The largest absolute Gasteiger partial charge is 0.455 e. The zero-order valence-corrected chi connectivity index (χ0v) is 29.6. The Morgan fingerprint density at radius 2 is 0.800 bits per heavy atom. The fourth-order valence-corrected chi connectivity index (χ4v) is 7.88. The van der Waals surface area contributed by atoms with Crippen LogP contribution in [-0.4, -0.2) is 15.0 Å². The van der Waals surface area contributed by atoms with Crippen molar-refractivity contribution in [2.24, 2.45) is 0 Å². The van der Waals surface area contributed by atoms with Gasteiger partial charge in [-0.2, -0.15) is 0 Å². The molecule has 0 saturated carbocycles. The third-order valence-corrected chi connectivity index (χ3v) is 10.7. The number of furan rings is 1. The van der Waals surface area contributed by atoms with Gasteiger partial charge in [-0.3, -0.25) is 0 Å². The van der Waals surface area contributed by atoms with Crippen LogP contribution >= 0.6 is 0 Å². The molecule has 0 bridgehead atoms. The minimum atomic E-state index is 0.607. The molecular weight excluding hydrogens is 671 g/mol. The van der Waals surface area contributed by atoms with E-state index in [1.807, 2.05) is 42.5 Å². The Bertz CT molecular complexity index is 3260. The van der Waals surface area contributed by atoms with Gasteiger partial charge in [0.15, 0.2) is 17.5 Å². The van der Waals surface area contributed by atoms with Crippen LogP contribution in [0.25, 0.3) is 111 Å². The van der Waals surface area contributed by atoms with E-state index < -0.39 is 0 Å². The van der Waals surface area contributed by atoms with Crippen LogP contribution in [0, 0.1) is 0 Å². The Balaban J connectivity index is 1.07. The Hall–Kier alpha value is -7.43. The number of aromatic nitrogens is 3. The average Bonchev–Trinajstić information content (AvgIpc) is 3.64. The van der Waals surface area contributed by atoms with Gasteiger partial charge < -0.3 is 4.42 Å². The molecule has 11 aromatic rings. The van der Waals surface area contributed by atoms with Gasteiger partial charge in [-0.15, -0.1) is 0 Å². The third-order valence-electron chi connectivity index (χ3n) is 10.7. The van der Waals surface area contributed by atoms with E-state index in [4.69, 9.17) is 19.4 Å². The molecule has 0 atom stereocenters. The minimum absolute atomic E-state index is 0.607. The molecule has 4 heteroatoms. The number of hydrogen-bond acceptors (Lipinski definition) is 4. The molecule has 0 radical (unpaired) electrons. The lowest BCUT2D eigenvalue weighted by Gasteiger charge is -2.10. The topological polar surface area (TPSA) is 51.8 Å². The van der Waals surface area contributed by atoms with Gasteiger partial charge in [-0.25, -0.2) is 15.0 Å². The van der Waals surface area contributed by atoms with Gasteiger partial charge in [-0.05, 0) is 91.6 Å². The first-order valence-electron chi connectivity index (χ1n) is 18.5. The molecule has 0 spiro atoms. The molecule has 2 aromatic heterocycles. The maximum absolute atomic E-state index is 6.63. The van der Waals surface area contributed by atoms with E-state index in [9.17, 15) is 0 Å². The van der Waals surface area contributed by atoms with Gasteiger partial charge >= 0.3 is 0 Å². The maximum Gasteiger partial charge on any atom is 0.164 e. The Morgan fingerprint density at radius 3 is 1.56 bits per heavy atom. The summed E-state index contributed by atoms with van der Waals surface area (Å²) in [5, 5.41) is 9.04. The monoisotopic (exact) mass is 701 g/mol. The predicted molar refractivity (Wildman–Crippen MR) is 227 cm³/mol. The first kappa shape index (κ1) is 31.1. The lowest BCUT2D eigenvalue weighted by Crippen LogP contribution is -2.00. The van der Waals surface area contributed by atoms with Crippen LogP contribution in [-0.2, 0) is 0 Å². The normalized spacial score (nSPS) is 11.6. The summed E-state index contributed by atoms with van der Waals surface area (Å²) in [6.45, 7) is 0. The van der Waals surface area contributed by atoms with Crippen LogP contribution in [0.4, 0.5) is 0 Å². The molecule has 0 aliphatic carbocycles. The van der Waals surface area contributed by atoms with Crippen molar-refractivity contribution in [3.8, 4) is 56.4 Å². The lowest BCUT2D eigenvalue weighted by molar-refractivity contribution is 0.672. The molecule has 0 saturated heterocycles. The summed E-state index contributed by atoms with van der Waals surface area (Å²) in [6.07, 6.45) is 0. The first-order chi connectivity index (χ1) is 27.2. The SMILES string of the molecule is c1ccc(-c2ccc3cc(-c4nc(-c5ccccc5)nc(-c5ccc6oc7c8ccccc8c(-c8ccc9ccccc9c8)cc7c6c5)n4)ccc3c2)cc1. The summed E-state index contributed by atoms with van der Waals surface area (Å²) in [6, 6.07) is 65.9. The van der Waals surface area contributed by atoms with Crippen LogP contribution in [0.3, 0.4) is 0 Å². The van der Waals surface area contributed by atoms with Crippen molar-refractivity contribution >= 4 is 54.3 Å². The lowest BCUT2D eigenvalue weighted by atomic mass is 9.94. The zero-order chi connectivity index (χ0) is 36.3. The molecule has 11 rings (SSSR count). The molecule has 0 N–H and O–H groups in total. The maximum atomic E-state index is 6.63. The van der Waals surface area contributed by atoms with E-state index in [1.54, 1.807) is 0 Å². The van der Waals surface area contributed by atoms with Crippen LogP contribution in [0.15, 0.2) is 192 Å². The van der Waals surface area contributed by atoms with E-state index >= 15 is 0 Å². The minimum Gasteiger partial charge on any atom is -0.455 e. The summed E-state index contributed by atoms with van der Waals surface area (Å²) in [7, 11) is 0. The molecule has 0 aliphatic rings. The molecule has 0 aliphatic heterocycles. The van der Waals surface area contributed by atoms with Crippen molar-refractivity contribution in [2.75, 3.05) is 0 Å². The summed E-state index contributed by atoms with van der Waals surface area (Å²) in [5.41, 5.74) is 9.18. The molecule has 256 valence electrons. The quantitative estimate of drug-likeness (QED) is 0.179. The second kappa shape index (κ2) is 12.6. The van der Waals surface area contributed by atoms with Gasteiger partial charge in [0.25, 0.3) is 0 Å². The number of rotatable bonds is 5. The second-order valence-corrected chi connectivity index (χ2v) is 14.0. The Kier molecular flexibility index (Phi) is 7.14. The summed E-state index contributed by atoms with van der Waals surface area (Å²) in [5.74, 6) is 1.86. The molecule has 0 fully saturated rings. The highest BCUT2D eigenvalue weighted by Crippen LogP contribution is 2.41. The van der Waals surface area contributed by atoms with Gasteiger partial charge in [0.05, 0.1) is 0 Å². The standard InChI is InChI=1S/C51H31N3O/c1-3-11-32(12-4-1)36-20-21-38-29-40(24-22-37(38)27-36)50-52-49(34-14-5-2-6-15-34)53-51(54-50)41-25-26-47-45(30-41)46-31-44(42-17-9-10-18-43(42)48(46)55-47)39-23-19-33-13-7-8-16-35(33)28-39/h1-31H. The highest BCUT2D eigenvalue weighted by Gasteiger charge is 2.18. The first-order valence-corrected chi connectivity index (χ1v) is 18.5. The molecule has 0 amide bonds. The highest BCUT2D eigenvalue weighted by molar-refractivity contribution is 6.19. The molecule has 9 aromatic carbocycles. The van der Waals surface area contributed by atoms with Crippen molar-refractivity contribution in [2.45, 2.75) is 0 Å². The van der Waals surface area contributed by atoms with Crippen LogP contribution in [0.2, 0.25) is 0 Å². The average molecular weight is 702 g/mol.